The van der Waals surface area contributed by atoms with E-state index in [1.807, 2.05) is 12.1 Å². The molecule has 1 aromatic rings. The number of aliphatic hydroxyl groups excluding tert-OH is 4. The van der Waals surface area contributed by atoms with Crippen molar-refractivity contribution in [3.05, 3.63) is 28.8 Å². The van der Waals surface area contributed by atoms with Gasteiger partial charge in [-0.05, 0) is 47.6 Å². The molecule has 0 amide bonds. The molecule has 1 fully saturated rings. The Morgan fingerprint density at radius 3 is 1.92 bits per heavy atom. The van der Waals surface area contributed by atoms with Crippen LogP contribution < -0.4 is 4.74 Å². The number of hydrogen-bond acceptors (Lipinski definition) is 6. The van der Waals surface area contributed by atoms with Gasteiger partial charge in [0.05, 0.1) is 6.61 Å². The Hall–Kier alpha value is -1.18. The first-order chi connectivity index (χ1) is 11.7. The molecule has 0 aromatic heterocycles. The standard InChI is InChI=1S/C19H30O6/c1-9(2)13-6-12(7-14(10(3)4)11(13)5)24-19-18(23)17(22)16(21)15(8-20)25-19/h6-7,9-10,15-23H,8H2,1-5H3/t15?,16-,17-,18?,19+/m0/s1. The van der Waals surface area contributed by atoms with Gasteiger partial charge in [0, 0.05) is 0 Å². The van der Waals surface area contributed by atoms with Gasteiger partial charge in [0.1, 0.15) is 30.2 Å². The second-order valence-corrected chi connectivity index (χ2v) is 7.35. The third kappa shape index (κ3) is 4.15. The van der Waals surface area contributed by atoms with Crippen molar-refractivity contribution < 1.29 is 29.9 Å². The highest BCUT2D eigenvalue weighted by Gasteiger charge is 2.44. The molecule has 1 heterocycles. The molecule has 6 nitrogen and oxygen atoms in total. The predicted molar refractivity (Wildman–Crippen MR) is 93.8 cm³/mol. The molecule has 0 spiro atoms. The first kappa shape index (κ1) is 20.1. The Balaban J connectivity index is 2.32. The van der Waals surface area contributed by atoms with E-state index in [1.54, 1.807) is 0 Å². The minimum Gasteiger partial charge on any atom is -0.462 e. The van der Waals surface area contributed by atoms with Crippen molar-refractivity contribution >= 4 is 0 Å². The molecule has 4 N–H and O–H groups in total. The third-order valence-electron chi connectivity index (χ3n) is 4.81. The summed E-state index contributed by atoms with van der Waals surface area (Å²) in [6.07, 6.45) is -6.41. The van der Waals surface area contributed by atoms with E-state index >= 15 is 0 Å². The van der Waals surface area contributed by atoms with E-state index in [0.717, 1.165) is 11.1 Å². The molecule has 2 rings (SSSR count). The van der Waals surface area contributed by atoms with Crippen LogP contribution in [0.2, 0.25) is 0 Å². The molecular formula is C19H30O6. The normalized spacial score (nSPS) is 30.1. The van der Waals surface area contributed by atoms with Gasteiger partial charge in [-0.1, -0.05) is 27.7 Å². The maximum Gasteiger partial charge on any atom is 0.229 e. The second-order valence-electron chi connectivity index (χ2n) is 7.35. The van der Waals surface area contributed by atoms with Crippen molar-refractivity contribution in [2.45, 2.75) is 77.2 Å². The Bertz CT molecular complexity index is 554. The lowest BCUT2D eigenvalue weighted by Crippen LogP contribution is -2.60. The summed E-state index contributed by atoms with van der Waals surface area (Å²) in [4.78, 5) is 0. The van der Waals surface area contributed by atoms with Crippen LogP contribution in [0.25, 0.3) is 0 Å². The highest BCUT2D eigenvalue weighted by Crippen LogP contribution is 2.33. The van der Waals surface area contributed by atoms with Crippen molar-refractivity contribution in [2.75, 3.05) is 6.61 Å². The first-order valence-electron chi connectivity index (χ1n) is 8.79. The van der Waals surface area contributed by atoms with Crippen molar-refractivity contribution in [3.63, 3.8) is 0 Å². The molecule has 142 valence electrons. The molecule has 1 saturated heterocycles. The molecule has 5 atom stereocenters. The van der Waals surface area contributed by atoms with E-state index in [0.29, 0.717) is 17.6 Å². The van der Waals surface area contributed by atoms with Crippen LogP contribution in [-0.2, 0) is 4.74 Å². The average Bonchev–Trinajstić information content (AvgIpc) is 2.56. The molecule has 25 heavy (non-hydrogen) atoms. The molecule has 1 aliphatic rings. The quantitative estimate of drug-likeness (QED) is 0.638. The Morgan fingerprint density at radius 2 is 1.48 bits per heavy atom. The van der Waals surface area contributed by atoms with Gasteiger partial charge in [0.25, 0.3) is 0 Å². The zero-order chi connectivity index (χ0) is 18.9. The van der Waals surface area contributed by atoms with Crippen LogP contribution in [0.4, 0.5) is 0 Å². The largest absolute Gasteiger partial charge is 0.462 e. The van der Waals surface area contributed by atoms with Gasteiger partial charge in [-0.2, -0.15) is 0 Å². The number of ether oxygens (including phenoxy) is 2. The lowest BCUT2D eigenvalue weighted by atomic mass is 9.89. The van der Waals surface area contributed by atoms with Crippen LogP contribution in [0, 0.1) is 6.92 Å². The zero-order valence-electron chi connectivity index (χ0n) is 15.5. The number of hydrogen-bond donors (Lipinski definition) is 4. The van der Waals surface area contributed by atoms with Crippen molar-refractivity contribution in [3.8, 4) is 5.75 Å². The SMILES string of the molecule is Cc1c(C(C)C)cc(O[C@@H]2OC(CO)[C@H](O)[C@H](O)C2O)cc1C(C)C. The summed E-state index contributed by atoms with van der Waals surface area (Å²) in [5.74, 6) is 1.13. The highest BCUT2D eigenvalue weighted by atomic mass is 16.7. The Labute approximate surface area is 149 Å². The monoisotopic (exact) mass is 354 g/mol. The fourth-order valence-electron chi connectivity index (χ4n) is 3.30. The smallest absolute Gasteiger partial charge is 0.229 e. The van der Waals surface area contributed by atoms with E-state index in [-0.39, 0.29) is 0 Å². The predicted octanol–water partition coefficient (Wildman–Crippen LogP) is 1.42. The summed E-state index contributed by atoms with van der Waals surface area (Å²) in [7, 11) is 0. The van der Waals surface area contributed by atoms with Gasteiger partial charge in [-0.25, -0.2) is 0 Å². The summed E-state index contributed by atoms with van der Waals surface area (Å²) >= 11 is 0. The molecule has 1 aliphatic heterocycles. The number of benzene rings is 1. The van der Waals surface area contributed by atoms with Crippen LogP contribution in [0.3, 0.4) is 0 Å². The van der Waals surface area contributed by atoms with Crippen LogP contribution in [0.5, 0.6) is 5.75 Å². The average molecular weight is 354 g/mol. The van der Waals surface area contributed by atoms with Gasteiger partial charge in [0.2, 0.25) is 6.29 Å². The van der Waals surface area contributed by atoms with Crippen LogP contribution in [-0.4, -0.2) is 57.7 Å². The highest BCUT2D eigenvalue weighted by molar-refractivity contribution is 5.44. The summed E-state index contributed by atoms with van der Waals surface area (Å²) in [5.41, 5.74) is 3.50. The molecule has 2 unspecified atom stereocenters. The lowest BCUT2D eigenvalue weighted by molar-refractivity contribution is -0.277. The van der Waals surface area contributed by atoms with Gasteiger partial charge >= 0.3 is 0 Å². The fourth-order valence-corrected chi connectivity index (χ4v) is 3.30. The minimum atomic E-state index is -1.45. The van der Waals surface area contributed by atoms with Gasteiger partial charge in [-0.15, -0.1) is 0 Å². The van der Waals surface area contributed by atoms with E-state index in [4.69, 9.17) is 9.47 Å². The van der Waals surface area contributed by atoms with Gasteiger partial charge in [0.15, 0.2) is 0 Å². The molecule has 0 saturated carbocycles. The Morgan fingerprint density at radius 1 is 0.960 bits per heavy atom. The molecule has 0 aliphatic carbocycles. The Kier molecular flexibility index (Phi) is 6.45. The first-order valence-corrected chi connectivity index (χ1v) is 8.79. The van der Waals surface area contributed by atoms with Crippen molar-refractivity contribution in [1.29, 1.82) is 0 Å². The van der Waals surface area contributed by atoms with Crippen molar-refractivity contribution in [2.24, 2.45) is 0 Å². The van der Waals surface area contributed by atoms with Crippen LogP contribution in [0.1, 0.15) is 56.2 Å². The maximum absolute atomic E-state index is 10.2. The summed E-state index contributed by atoms with van der Waals surface area (Å²) in [6.45, 7) is 10.0. The molecule has 1 aromatic carbocycles. The third-order valence-corrected chi connectivity index (χ3v) is 4.81. The lowest BCUT2D eigenvalue weighted by Gasteiger charge is -2.39. The van der Waals surface area contributed by atoms with Gasteiger partial charge in [-0.3, -0.25) is 0 Å². The number of rotatable bonds is 5. The maximum atomic E-state index is 10.2. The van der Waals surface area contributed by atoms with E-state index in [9.17, 15) is 20.4 Å². The fraction of sp³-hybridized carbons (Fsp3) is 0.684. The summed E-state index contributed by atoms with van der Waals surface area (Å²) in [5, 5.41) is 39.2. The van der Waals surface area contributed by atoms with Crippen LogP contribution >= 0.6 is 0 Å². The van der Waals surface area contributed by atoms with Crippen LogP contribution in [0.15, 0.2) is 12.1 Å². The van der Waals surface area contributed by atoms with E-state index in [1.165, 1.54) is 5.56 Å². The molecular weight excluding hydrogens is 324 g/mol. The topological polar surface area (TPSA) is 99.4 Å². The second kappa shape index (κ2) is 8.01. The molecule has 0 radical (unpaired) electrons. The molecule has 6 heteroatoms. The summed E-state index contributed by atoms with van der Waals surface area (Å²) in [6, 6.07) is 3.82. The minimum absolute atomic E-state index is 0.302. The zero-order valence-corrected chi connectivity index (χ0v) is 15.5. The van der Waals surface area contributed by atoms with Gasteiger partial charge < -0.3 is 29.9 Å². The van der Waals surface area contributed by atoms with Crippen molar-refractivity contribution in [1.82, 2.24) is 0 Å². The van der Waals surface area contributed by atoms with E-state index in [2.05, 4.69) is 34.6 Å². The van der Waals surface area contributed by atoms with E-state index < -0.39 is 37.3 Å². The number of aliphatic hydroxyl groups is 4. The summed E-state index contributed by atoms with van der Waals surface area (Å²) < 4.78 is 11.2. The molecule has 0 bridgehead atoms.